The van der Waals surface area contributed by atoms with E-state index in [-0.39, 0.29) is 0 Å². The molecule has 23 heavy (non-hydrogen) atoms. The minimum Gasteiger partial charge on any atom is -0.381 e. The first-order valence-corrected chi connectivity index (χ1v) is 9.50. The molecule has 0 N–H and O–H groups in total. The summed E-state index contributed by atoms with van der Waals surface area (Å²) < 4.78 is 5.50. The number of piperazine rings is 1. The molecule has 4 rings (SSSR count). The molecule has 0 spiro atoms. The molecule has 2 aromatic heterocycles. The molecule has 5 nitrogen and oxygen atoms in total. The lowest BCUT2D eigenvalue weighted by molar-refractivity contribution is 0.164. The largest absolute Gasteiger partial charge is 0.381 e. The van der Waals surface area contributed by atoms with Crippen molar-refractivity contribution >= 4 is 27.4 Å². The van der Waals surface area contributed by atoms with Gasteiger partial charge in [0, 0.05) is 45.8 Å². The molecule has 0 aromatic carbocycles. The molecule has 0 bridgehead atoms. The van der Waals surface area contributed by atoms with Crippen LogP contribution in [0.1, 0.15) is 19.2 Å². The zero-order valence-corrected chi connectivity index (χ0v) is 14.5. The van der Waals surface area contributed by atoms with Crippen LogP contribution in [-0.2, 0) is 11.2 Å². The van der Waals surface area contributed by atoms with E-state index in [1.807, 2.05) is 0 Å². The van der Waals surface area contributed by atoms with Crippen LogP contribution in [0.25, 0.3) is 10.2 Å². The maximum absolute atomic E-state index is 5.50. The smallest absolute Gasteiger partial charge is 0.141 e. The number of aromatic nitrogens is 2. The Morgan fingerprint density at radius 3 is 2.87 bits per heavy atom. The van der Waals surface area contributed by atoms with Gasteiger partial charge in [-0.3, -0.25) is 4.90 Å². The fourth-order valence-corrected chi connectivity index (χ4v) is 4.29. The normalized spacial score (nSPS) is 23.0. The van der Waals surface area contributed by atoms with Gasteiger partial charge < -0.3 is 9.64 Å². The predicted molar refractivity (Wildman–Crippen MR) is 94.4 cm³/mol. The number of rotatable bonds is 4. The lowest BCUT2D eigenvalue weighted by atomic mass is 10.1. The molecule has 0 radical (unpaired) electrons. The van der Waals surface area contributed by atoms with Crippen LogP contribution in [0.15, 0.2) is 11.4 Å². The molecule has 2 saturated heterocycles. The fourth-order valence-electron chi connectivity index (χ4n) is 3.52. The number of nitrogens with zero attached hydrogens (tertiary/aromatic N) is 4. The van der Waals surface area contributed by atoms with Crippen LogP contribution in [-0.4, -0.2) is 60.8 Å². The van der Waals surface area contributed by atoms with Crippen LogP contribution in [0.4, 0.5) is 5.82 Å². The third-order valence-electron chi connectivity index (χ3n) is 4.88. The van der Waals surface area contributed by atoms with Crippen LogP contribution in [0.5, 0.6) is 0 Å². The summed E-state index contributed by atoms with van der Waals surface area (Å²) in [6.45, 7) is 9.55. The second-order valence-electron chi connectivity index (χ2n) is 6.47. The molecule has 2 aliphatic heterocycles. The molecule has 0 saturated carbocycles. The van der Waals surface area contributed by atoms with Crippen molar-refractivity contribution in [3.8, 4) is 0 Å². The van der Waals surface area contributed by atoms with Crippen molar-refractivity contribution in [3.05, 3.63) is 17.3 Å². The Morgan fingerprint density at radius 2 is 2.13 bits per heavy atom. The highest BCUT2D eigenvalue weighted by Gasteiger charge is 2.24. The van der Waals surface area contributed by atoms with Crippen LogP contribution >= 0.6 is 11.3 Å². The highest BCUT2D eigenvalue weighted by atomic mass is 32.1. The van der Waals surface area contributed by atoms with Crippen molar-refractivity contribution in [1.29, 1.82) is 0 Å². The average Bonchev–Trinajstić information content (AvgIpc) is 3.26. The van der Waals surface area contributed by atoms with Gasteiger partial charge in [0.1, 0.15) is 16.5 Å². The van der Waals surface area contributed by atoms with Crippen LogP contribution in [0, 0.1) is 5.92 Å². The minimum atomic E-state index is 0.732. The quantitative estimate of drug-likeness (QED) is 0.860. The van der Waals surface area contributed by atoms with Gasteiger partial charge in [0.15, 0.2) is 0 Å². The zero-order valence-electron chi connectivity index (χ0n) is 13.7. The molecular formula is C17H24N4OS. The maximum atomic E-state index is 5.50. The predicted octanol–water partition coefficient (Wildman–Crippen LogP) is 2.41. The molecule has 2 aromatic rings. The Morgan fingerprint density at radius 1 is 1.26 bits per heavy atom. The first-order valence-electron chi connectivity index (χ1n) is 8.62. The van der Waals surface area contributed by atoms with E-state index in [1.54, 1.807) is 11.3 Å². The van der Waals surface area contributed by atoms with E-state index in [9.17, 15) is 0 Å². The molecule has 1 atom stereocenters. The number of aryl methyl sites for hydroxylation is 1. The highest BCUT2D eigenvalue weighted by molar-refractivity contribution is 7.16. The van der Waals surface area contributed by atoms with Crippen molar-refractivity contribution in [2.75, 3.05) is 50.8 Å². The summed E-state index contributed by atoms with van der Waals surface area (Å²) >= 11 is 1.71. The molecule has 6 heteroatoms. The van der Waals surface area contributed by atoms with Gasteiger partial charge in [-0.2, -0.15) is 0 Å². The van der Waals surface area contributed by atoms with Crippen LogP contribution in [0.2, 0.25) is 0 Å². The second kappa shape index (κ2) is 6.71. The fraction of sp³-hybridized carbons (Fsp3) is 0.647. The second-order valence-corrected chi connectivity index (χ2v) is 7.37. The van der Waals surface area contributed by atoms with Crippen molar-refractivity contribution in [3.63, 3.8) is 0 Å². The Kier molecular flexibility index (Phi) is 4.46. The standard InChI is InChI=1S/C17H24N4OS/c1-2-15-18-16(14-4-10-23-17(14)19-15)21-7-5-20(6-8-21)11-13-3-9-22-12-13/h4,10,13H,2-3,5-9,11-12H2,1H3. The SMILES string of the molecule is CCc1nc(N2CCN(CC3CCOC3)CC2)c2ccsc2n1. The van der Waals surface area contributed by atoms with Gasteiger partial charge in [-0.25, -0.2) is 9.97 Å². The summed E-state index contributed by atoms with van der Waals surface area (Å²) in [5.74, 6) is 2.83. The summed E-state index contributed by atoms with van der Waals surface area (Å²) in [7, 11) is 0. The van der Waals surface area contributed by atoms with Gasteiger partial charge in [0.05, 0.1) is 12.0 Å². The van der Waals surface area contributed by atoms with E-state index in [4.69, 9.17) is 9.72 Å². The van der Waals surface area contributed by atoms with E-state index >= 15 is 0 Å². The Hall–Kier alpha value is -1.24. The number of hydrogen-bond donors (Lipinski definition) is 0. The van der Waals surface area contributed by atoms with Crippen molar-refractivity contribution in [2.24, 2.45) is 5.92 Å². The number of ether oxygens (including phenoxy) is 1. The molecule has 2 aliphatic rings. The number of anilines is 1. The lowest BCUT2D eigenvalue weighted by Crippen LogP contribution is -2.48. The third-order valence-corrected chi connectivity index (χ3v) is 5.69. The van der Waals surface area contributed by atoms with E-state index in [0.29, 0.717) is 0 Å². The molecule has 2 fully saturated rings. The van der Waals surface area contributed by atoms with Gasteiger partial charge in [-0.05, 0) is 23.8 Å². The topological polar surface area (TPSA) is 41.5 Å². The summed E-state index contributed by atoms with van der Waals surface area (Å²) in [4.78, 5) is 15.6. The van der Waals surface area contributed by atoms with E-state index in [0.717, 1.165) is 68.2 Å². The van der Waals surface area contributed by atoms with Gasteiger partial charge in [-0.15, -0.1) is 11.3 Å². The first kappa shape index (κ1) is 15.3. The van der Waals surface area contributed by atoms with E-state index < -0.39 is 0 Å². The van der Waals surface area contributed by atoms with Gasteiger partial charge in [0.2, 0.25) is 0 Å². The summed E-state index contributed by atoms with van der Waals surface area (Å²) in [5.41, 5.74) is 0. The van der Waals surface area contributed by atoms with Crippen LogP contribution in [0.3, 0.4) is 0 Å². The first-order chi connectivity index (χ1) is 11.3. The van der Waals surface area contributed by atoms with Crippen molar-refractivity contribution in [2.45, 2.75) is 19.8 Å². The summed E-state index contributed by atoms with van der Waals surface area (Å²) in [6, 6.07) is 2.16. The Balaban J connectivity index is 1.46. The molecule has 0 aliphatic carbocycles. The minimum absolute atomic E-state index is 0.732. The highest BCUT2D eigenvalue weighted by Crippen LogP contribution is 2.29. The summed E-state index contributed by atoms with van der Waals surface area (Å²) in [6.07, 6.45) is 2.12. The molecule has 1 unspecified atom stereocenters. The van der Waals surface area contributed by atoms with Crippen LogP contribution < -0.4 is 4.90 Å². The number of thiophene rings is 1. The summed E-state index contributed by atoms with van der Waals surface area (Å²) in [5, 5.41) is 3.34. The average molecular weight is 332 g/mol. The lowest BCUT2D eigenvalue weighted by Gasteiger charge is -2.36. The van der Waals surface area contributed by atoms with Gasteiger partial charge >= 0.3 is 0 Å². The third kappa shape index (κ3) is 3.20. The Labute approximate surface area is 141 Å². The molecular weight excluding hydrogens is 308 g/mol. The Bertz CT molecular complexity index is 660. The number of hydrogen-bond acceptors (Lipinski definition) is 6. The van der Waals surface area contributed by atoms with Crippen molar-refractivity contribution in [1.82, 2.24) is 14.9 Å². The monoisotopic (exact) mass is 332 g/mol. The van der Waals surface area contributed by atoms with Gasteiger partial charge in [-0.1, -0.05) is 6.92 Å². The van der Waals surface area contributed by atoms with E-state index in [1.165, 1.54) is 18.4 Å². The van der Waals surface area contributed by atoms with Gasteiger partial charge in [0.25, 0.3) is 0 Å². The maximum Gasteiger partial charge on any atom is 0.141 e. The zero-order chi connectivity index (χ0) is 15.6. The number of fused-ring (bicyclic) bond motifs is 1. The molecule has 4 heterocycles. The van der Waals surface area contributed by atoms with Crippen molar-refractivity contribution < 1.29 is 4.74 Å². The molecule has 124 valence electrons. The molecule has 0 amide bonds. The van der Waals surface area contributed by atoms with E-state index in [2.05, 4.69) is 33.2 Å².